The maximum absolute atomic E-state index is 5.79. The van der Waals surface area contributed by atoms with Gasteiger partial charge in [0.05, 0.1) is 0 Å². The Morgan fingerprint density at radius 1 is 1.13 bits per heavy atom. The molecule has 0 spiro atoms. The van der Waals surface area contributed by atoms with E-state index in [2.05, 4.69) is 57.2 Å². The van der Waals surface area contributed by atoms with Crippen LogP contribution in [0.25, 0.3) is 6.08 Å². The van der Waals surface area contributed by atoms with Crippen molar-refractivity contribution in [3.8, 4) is 0 Å². The fourth-order valence-corrected chi connectivity index (χ4v) is 1.26. The summed E-state index contributed by atoms with van der Waals surface area (Å²) in [6.07, 6.45) is 4.37. The first-order valence-electron chi connectivity index (χ1n) is 5.43. The van der Waals surface area contributed by atoms with E-state index in [9.17, 15) is 0 Å². The highest BCUT2D eigenvalue weighted by molar-refractivity contribution is 5.50. The molecule has 0 aliphatic carbocycles. The average Bonchev–Trinajstić information content (AvgIpc) is 2.14. The van der Waals surface area contributed by atoms with E-state index in [-0.39, 0.29) is 11.5 Å². The lowest BCUT2D eigenvalue weighted by molar-refractivity contribution is 0.547. The summed E-state index contributed by atoms with van der Waals surface area (Å²) in [6.45, 7) is 8.58. The van der Waals surface area contributed by atoms with Crippen molar-refractivity contribution in [2.45, 2.75) is 33.7 Å². The Hall–Kier alpha value is -1.08. The van der Waals surface area contributed by atoms with Crippen LogP contribution in [0.1, 0.15) is 44.9 Å². The van der Waals surface area contributed by atoms with Crippen molar-refractivity contribution < 1.29 is 0 Å². The molecule has 0 saturated carbocycles. The van der Waals surface area contributed by atoms with Crippen LogP contribution in [0, 0.1) is 5.41 Å². The van der Waals surface area contributed by atoms with E-state index in [0.717, 1.165) is 0 Å². The van der Waals surface area contributed by atoms with Gasteiger partial charge in [-0.2, -0.15) is 0 Å². The Balaban J connectivity index is 2.77. The summed E-state index contributed by atoms with van der Waals surface area (Å²) in [5.41, 5.74) is 8.44. The molecule has 2 N–H and O–H groups in total. The van der Waals surface area contributed by atoms with Crippen LogP contribution in [0.3, 0.4) is 0 Å². The van der Waals surface area contributed by atoms with Crippen molar-refractivity contribution in [3.05, 3.63) is 41.5 Å². The average molecular weight is 203 g/mol. The highest BCUT2D eigenvalue weighted by Crippen LogP contribution is 2.18. The smallest absolute Gasteiger partial charge is 0.0266 e. The predicted octanol–water partition coefficient (Wildman–Crippen LogP) is 3.77. The van der Waals surface area contributed by atoms with Crippen LogP contribution in [0.15, 0.2) is 30.3 Å². The monoisotopic (exact) mass is 203 g/mol. The molecule has 0 fully saturated rings. The molecule has 0 saturated heterocycles. The van der Waals surface area contributed by atoms with Gasteiger partial charge in [0.2, 0.25) is 0 Å². The Morgan fingerprint density at radius 3 is 2.07 bits per heavy atom. The second-order valence-corrected chi connectivity index (χ2v) is 5.15. The van der Waals surface area contributed by atoms with E-state index in [0.29, 0.717) is 0 Å². The Morgan fingerprint density at radius 2 is 1.67 bits per heavy atom. The minimum Gasteiger partial charge on any atom is -0.324 e. The SMILES string of the molecule is CC(N)c1ccc(/C=C/C(C)(C)C)cc1. The van der Waals surface area contributed by atoms with Gasteiger partial charge in [0, 0.05) is 6.04 Å². The highest BCUT2D eigenvalue weighted by atomic mass is 14.6. The molecular weight excluding hydrogens is 182 g/mol. The highest BCUT2D eigenvalue weighted by Gasteiger charge is 2.03. The third-order valence-electron chi connectivity index (χ3n) is 2.24. The third kappa shape index (κ3) is 4.30. The topological polar surface area (TPSA) is 26.0 Å². The van der Waals surface area contributed by atoms with Gasteiger partial charge in [-0.3, -0.25) is 0 Å². The molecule has 82 valence electrons. The van der Waals surface area contributed by atoms with Gasteiger partial charge in [0.25, 0.3) is 0 Å². The van der Waals surface area contributed by atoms with Crippen LogP contribution in [-0.2, 0) is 0 Å². The molecule has 1 aromatic rings. The lowest BCUT2D eigenvalue weighted by Gasteiger charge is -2.11. The van der Waals surface area contributed by atoms with E-state index in [1.54, 1.807) is 0 Å². The molecule has 1 nitrogen and oxygen atoms in total. The van der Waals surface area contributed by atoms with Crippen molar-refractivity contribution in [2.75, 3.05) is 0 Å². The van der Waals surface area contributed by atoms with Crippen LogP contribution < -0.4 is 5.73 Å². The van der Waals surface area contributed by atoms with Gasteiger partial charge in [-0.1, -0.05) is 57.2 Å². The van der Waals surface area contributed by atoms with Crippen LogP contribution in [0.4, 0.5) is 0 Å². The van der Waals surface area contributed by atoms with Gasteiger partial charge in [-0.05, 0) is 23.5 Å². The molecule has 1 rings (SSSR count). The van der Waals surface area contributed by atoms with Crippen molar-refractivity contribution >= 4 is 6.08 Å². The number of allylic oxidation sites excluding steroid dienone is 1. The maximum atomic E-state index is 5.79. The first-order chi connectivity index (χ1) is 6.88. The molecule has 0 aliphatic heterocycles. The van der Waals surface area contributed by atoms with Crippen LogP contribution in [0.2, 0.25) is 0 Å². The Labute approximate surface area is 93.0 Å². The van der Waals surface area contributed by atoms with Gasteiger partial charge in [-0.25, -0.2) is 0 Å². The van der Waals surface area contributed by atoms with E-state index < -0.39 is 0 Å². The quantitative estimate of drug-likeness (QED) is 0.778. The number of nitrogens with two attached hydrogens (primary N) is 1. The first kappa shape index (κ1) is 12.0. The summed E-state index contributed by atoms with van der Waals surface area (Å²) >= 11 is 0. The van der Waals surface area contributed by atoms with E-state index in [4.69, 9.17) is 5.73 Å². The molecule has 0 radical (unpaired) electrons. The summed E-state index contributed by atoms with van der Waals surface area (Å²) in [5.74, 6) is 0. The number of benzene rings is 1. The van der Waals surface area contributed by atoms with Crippen LogP contribution >= 0.6 is 0 Å². The molecule has 1 heteroatoms. The van der Waals surface area contributed by atoms with Gasteiger partial charge in [0.1, 0.15) is 0 Å². The third-order valence-corrected chi connectivity index (χ3v) is 2.24. The minimum absolute atomic E-state index is 0.116. The zero-order valence-corrected chi connectivity index (χ0v) is 10.1. The second kappa shape index (κ2) is 4.63. The van der Waals surface area contributed by atoms with Crippen LogP contribution in [-0.4, -0.2) is 0 Å². The molecular formula is C14H21N. The maximum Gasteiger partial charge on any atom is 0.0266 e. The molecule has 1 unspecified atom stereocenters. The van der Waals surface area contributed by atoms with E-state index in [1.807, 2.05) is 6.92 Å². The number of rotatable bonds is 2. The fraction of sp³-hybridized carbons (Fsp3) is 0.429. The summed E-state index contributed by atoms with van der Waals surface area (Å²) in [5, 5.41) is 0. The Kier molecular flexibility index (Phi) is 3.70. The lowest BCUT2D eigenvalue weighted by Crippen LogP contribution is -2.04. The van der Waals surface area contributed by atoms with Gasteiger partial charge >= 0.3 is 0 Å². The van der Waals surface area contributed by atoms with Crippen molar-refractivity contribution in [1.29, 1.82) is 0 Å². The van der Waals surface area contributed by atoms with Crippen LogP contribution in [0.5, 0.6) is 0 Å². The molecule has 0 amide bonds. The zero-order valence-electron chi connectivity index (χ0n) is 10.1. The number of hydrogen-bond acceptors (Lipinski definition) is 1. The van der Waals surface area contributed by atoms with Crippen molar-refractivity contribution in [1.82, 2.24) is 0 Å². The van der Waals surface area contributed by atoms with Gasteiger partial charge in [-0.15, -0.1) is 0 Å². The predicted molar refractivity (Wildman–Crippen MR) is 67.5 cm³/mol. The molecule has 15 heavy (non-hydrogen) atoms. The minimum atomic E-state index is 0.116. The second-order valence-electron chi connectivity index (χ2n) is 5.15. The summed E-state index contributed by atoms with van der Waals surface area (Å²) in [6, 6.07) is 8.52. The summed E-state index contributed by atoms with van der Waals surface area (Å²) in [7, 11) is 0. The summed E-state index contributed by atoms with van der Waals surface area (Å²) in [4.78, 5) is 0. The zero-order chi connectivity index (χ0) is 11.5. The molecule has 0 heterocycles. The van der Waals surface area contributed by atoms with E-state index in [1.165, 1.54) is 11.1 Å². The fourth-order valence-electron chi connectivity index (χ4n) is 1.26. The normalized spacial score (nSPS) is 14.5. The summed E-state index contributed by atoms with van der Waals surface area (Å²) < 4.78 is 0. The lowest BCUT2D eigenvalue weighted by atomic mass is 9.95. The van der Waals surface area contributed by atoms with Gasteiger partial charge < -0.3 is 5.73 Å². The molecule has 0 aliphatic rings. The number of hydrogen-bond donors (Lipinski definition) is 1. The largest absolute Gasteiger partial charge is 0.324 e. The molecule has 1 atom stereocenters. The van der Waals surface area contributed by atoms with Gasteiger partial charge in [0.15, 0.2) is 0 Å². The molecule has 0 bridgehead atoms. The van der Waals surface area contributed by atoms with Crippen molar-refractivity contribution in [3.63, 3.8) is 0 Å². The molecule has 1 aromatic carbocycles. The van der Waals surface area contributed by atoms with Crippen molar-refractivity contribution in [2.24, 2.45) is 11.1 Å². The first-order valence-corrected chi connectivity index (χ1v) is 5.43. The Bertz CT molecular complexity index is 325. The molecule has 0 aromatic heterocycles. The standard InChI is InChI=1S/C14H21N/c1-11(15)13-7-5-12(6-8-13)9-10-14(2,3)4/h5-11H,15H2,1-4H3/b10-9+. The van der Waals surface area contributed by atoms with E-state index >= 15 is 0 Å².